The largest absolute Gasteiger partial charge is 0.338 e. The number of hydrogen-bond donors (Lipinski definition) is 0. The van der Waals surface area contributed by atoms with Crippen LogP contribution in [0, 0.1) is 0 Å². The lowest BCUT2D eigenvalue weighted by atomic mass is 10.2. The molecule has 0 spiro atoms. The Morgan fingerprint density at radius 3 is 2.54 bits per heavy atom. The minimum Gasteiger partial charge on any atom is -0.338 e. The second kappa shape index (κ2) is 4.74. The molecule has 1 atom stereocenters. The number of carbonyl (C=O) groups is 1. The Balaban J connectivity index is 2.49. The average molecular weight is 179 g/mol. The van der Waals surface area contributed by atoms with Crippen molar-refractivity contribution in [1.82, 2.24) is 0 Å². The van der Waals surface area contributed by atoms with Gasteiger partial charge in [-0.15, -0.1) is 0 Å². The maximum atomic E-state index is 11.3. The number of benzene rings is 1. The maximum Gasteiger partial charge on any atom is 0.217 e. The molecule has 1 unspecified atom stereocenters. The van der Waals surface area contributed by atoms with Crippen LogP contribution in [0.3, 0.4) is 0 Å². The SMILES string of the molecule is CC(=O)COC([O])c1ccccc1. The first kappa shape index (κ1) is 9.89. The van der Waals surface area contributed by atoms with Gasteiger partial charge in [-0.3, -0.25) is 4.79 Å². The van der Waals surface area contributed by atoms with Gasteiger partial charge in [0.05, 0.1) is 0 Å². The van der Waals surface area contributed by atoms with E-state index in [1.165, 1.54) is 6.92 Å². The molecule has 1 aromatic carbocycles. The van der Waals surface area contributed by atoms with Gasteiger partial charge in [-0.25, -0.2) is 0 Å². The van der Waals surface area contributed by atoms with E-state index in [2.05, 4.69) is 0 Å². The summed E-state index contributed by atoms with van der Waals surface area (Å²) in [5.74, 6) is -0.142. The number of carbonyl (C=O) groups excluding carboxylic acids is 1. The molecule has 0 heterocycles. The summed E-state index contributed by atoms with van der Waals surface area (Å²) in [6.07, 6.45) is -1.26. The Morgan fingerprint density at radius 2 is 2.00 bits per heavy atom. The Morgan fingerprint density at radius 1 is 1.38 bits per heavy atom. The van der Waals surface area contributed by atoms with Crippen molar-refractivity contribution in [1.29, 1.82) is 0 Å². The minimum absolute atomic E-state index is 0.122. The van der Waals surface area contributed by atoms with Gasteiger partial charge in [0.1, 0.15) is 6.61 Å². The molecular formula is C10H11O3. The zero-order chi connectivity index (χ0) is 9.68. The van der Waals surface area contributed by atoms with Gasteiger partial charge >= 0.3 is 0 Å². The molecule has 0 bridgehead atoms. The summed E-state index contributed by atoms with van der Waals surface area (Å²) in [5, 5.41) is 11.3. The third-order valence-electron chi connectivity index (χ3n) is 1.51. The van der Waals surface area contributed by atoms with E-state index < -0.39 is 6.29 Å². The normalized spacial score (nSPS) is 12.5. The highest BCUT2D eigenvalue weighted by atomic mass is 16.6. The molecule has 0 N–H and O–H groups in total. The van der Waals surface area contributed by atoms with Gasteiger partial charge in [-0.05, 0) is 6.92 Å². The Hall–Kier alpha value is -1.19. The number of rotatable bonds is 4. The van der Waals surface area contributed by atoms with Crippen LogP contribution in [-0.4, -0.2) is 12.4 Å². The third kappa shape index (κ3) is 3.36. The Kier molecular flexibility index (Phi) is 3.61. The molecule has 1 radical (unpaired) electrons. The average Bonchev–Trinajstić information content (AvgIpc) is 2.15. The molecule has 1 rings (SSSR count). The highest BCUT2D eigenvalue weighted by molar-refractivity contribution is 5.76. The lowest BCUT2D eigenvalue weighted by Crippen LogP contribution is -2.08. The summed E-state index contributed by atoms with van der Waals surface area (Å²) in [5.41, 5.74) is 0.545. The van der Waals surface area contributed by atoms with Gasteiger partial charge in [0.25, 0.3) is 0 Å². The molecule has 0 amide bonds. The molecule has 0 aliphatic rings. The predicted molar refractivity (Wildman–Crippen MR) is 46.5 cm³/mol. The summed E-state index contributed by atoms with van der Waals surface area (Å²) in [4.78, 5) is 10.5. The monoisotopic (exact) mass is 179 g/mol. The van der Waals surface area contributed by atoms with Gasteiger partial charge < -0.3 is 4.74 Å². The fraction of sp³-hybridized carbons (Fsp3) is 0.300. The molecule has 13 heavy (non-hydrogen) atoms. The highest BCUT2D eigenvalue weighted by Gasteiger charge is 2.09. The molecule has 0 aromatic heterocycles. The van der Waals surface area contributed by atoms with E-state index in [-0.39, 0.29) is 12.4 Å². The molecule has 0 saturated heterocycles. The van der Waals surface area contributed by atoms with Crippen molar-refractivity contribution in [2.75, 3.05) is 6.61 Å². The van der Waals surface area contributed by atoms with E-state index in [1.807, 2.05) is 6.07 Å². The second-order valence-corrected chi connectivity index (χ2v) is 2.76. The van der Waals surface area contributed by atoms with Crippen molar-refractivity contribution >= 4 is 5.78 Å². The van der Waals surface area contributed by atoms with Crippen LogP contribution in [0.15, 0.2) is 30.3 Å². The van der Waals surface area contributed by atoms with Crippen LogP contribution in [0.4, 0.5) is 0 Å². The molecule has 0 aliphatic carbocycles. The summed E-state index contributed by atoms with van der Waals surface area (Å²) < 4.78 is 4.78. The van der Waals surface area contributed by atoms with Gasteiger partial charge in [0, 0.05) is 5.56 Å². The Bertz CT molecular complexity index is 269. The zero-order valence-electron chi connectivity index (χ0n) is 7.40. The van der Waals surface area contributed by atoms with E-state index in [0.717, 1.165) is 0 Å². The van der Waals surface area contributed by atoms with Crippen LogP contribution in [0.25, 0.3) is 0 Å². The van der Waals surface area contributed by atoms with Crippen LogP contribution < -0.4 is 0 Å². The van der Waals surface area contributed by atoms with E-state index in [9.17, 15) is 9.90 Å². The van der Waals surface area contributed by atoms with E-state index in [1.54, 1.807) is 24.3 Å². The van der Waals surface area contributed by atoms with E-state index in [0.29, 0.717) is 5.56 Å². The van der Waals surface area contributed by atoms with Gasteiger partial charge in [-0.2, -0.15) is 5.11 Å². The maximum absolute atomic E-state index is 11.3. The van der Waals surface area contributed by atoms with Crippen molar-refractivity contribution in [3.63, 3.8) is 0 Å². The summed E-state index contributed by atoms with van der Waals surface area (Å²) >= 11 is 0. The number of hydrogen-bond acceptors (Lipinski definition) is 2. The number of ether oxygens (including phenoxy) is 1. The van der Waals surface area contributed by atoms with Crippen LogP contribution in [-0.2, 0) is 14.6 Å². The van der Waals surface area contributed by atoms with E-state index in [4.69, 9.17) is 4.74 Å². The summed E-state index contributed by atoms with van der Waals surface area (Å²) in [7, 11) is 0. The quantitative estimate of drug-likeness (QED) is 0.660. The first-order valence-electron chi connectivity index (χ1n) is 4.02. The van der Waals surface area contributed by atoms with Crippen LogP contribution in [0.2, 0.25) is 0 Å². The minimum atomic E-state index is -1.26. The molecule has 3 heteroatoms. The second-order valence-electron chi connectivity index (χ2n) is 2.76. The standard InChI is InChI=1S/C10H11O3/c1-8(11)7-13-10(12)9-5-3-2-4-6-9/h2-6,10H,7H2,1H3. The first-order valence-corrected chi connectivity index (χ1v) is 4.02. The molecule has 0 saturated carbocycles. The summed E-state index contributed by atoms with van der Waals surface area (Å²) in [6, 6.07) is 8.70. The molecule has 0 fully saturated rings. The fourth-order valence-corrected chi connectivity index (χ4v) is 0.899. The zero-order valence-corrected chi connectivity index (χ0v) is 7.40. The van der Waals surface area contributed by atoms with Gasteiger partial charge in [0.2, 0.25) is 6.29 Å². The van der Waals surface area contributed by atoms with Crippen LogP contribution >= 0.6 is 0 Å². The van der Waals surface area contributed by atoms with Crippen LogP contribution in [0.1, 0.15) is 18.8 Å². The molecule has 69 valence electrons. The van der Waals surface area contributed by atoms with Crippen molar-refractivity contribution < 1.29 is 14.6 Å². The molecule has 1 aromatic rings. The van der Waals surface area contributed by atoms with Crippen molar-refractivity contribution in [2.24, 2.45) is 0 Å². The Labute approximate surface area is 77.0 Å². The van der Waals surface area contributed by atoms with Crippen LogP contribution in [0.5, 0.6) is 0 Å². The molecular weight excluding hydrogens is 168 g/mol. The van der Waals surface area contributed by atoms with Crippen molar-refractivity contribution in [3.8, 4) is 0 Å². The number of ketones is 1. The topological polar surface area (TPSA) is 46.2 Å². The van der Waals surface area contributed by atoms with Gasteiger partial charge in [-0.1, -0.05) is 30.3 Å². The molecule has 0 aliphatic heterocycles. The number of Topliss-reactive ketones (excluding diaryl/α,β-unsaturated/α-hetero) is 1. The lowest BCUT2D eigenvalue weighted by Gasteiger charge is -2.07. The van der Waals surface area contributed by atoms with Crippen molar-refractivity contribution in [2.45, 2.75) is 13.2 Å². The predicted octanol–water partition coefficient (Wildman–Crippen LogP) is 1.72. The highest BCUT2D eigenvalue weighted by Crippen LogP contribution is 2.13. The molecule has 3 nitrogen and oxygen atoms in total. The third-order valence-corrected chi connectivity index (χ3v) is 1.51. The van der Waals surface area contributed by atoms with Gasteiger partial charge in [0.15, 0.2) is 5.78 Å². The fourth-order valence-electron chi connectivity index (χ4n) is 0.899. The van der Waals surface area contributed by atoms with Crippen molar-refractivity contribution in [3.05, 3.63) is 35.9 Å². The lowest BCUT2D eigenvalue weighted by molar-refractivity contribution is -0.156. The van der Waals surface area contributed by atoms with E-state index >= 15 is 0 Å². The smallest absolute Gasteiger partial charge is 0.217 e. The summed E-state index contributed by atoms with van der Waals surface area (Å²) in [6.45, 7) is 1.26. The first-order chi connectivity index (χ1) is 6.20.